The van der Waals surface area contributed by atoms with Gasteiger partial charge in [0.15, 0.2) is 5.82 Å². The minimum atomic E-state index is 0.543. The number of aromatic nitrogens is 9. The van der Waals surface area contributed by atoms with Crippen molar-refractivity contribution in [3.8, 4) is 55.8 Å². The van der Waals surface area contributed by atoms with Gasteiger partial charge < -0.3 is 14.4 Å². The Balaban J connectivity index is 1.38. The van der Waals surface area contributed by atoms with Crippen molar-refractivity contribution in [3.05, 3.63) is 121 Å². The Hall–Kier alpha value is -6.98. The van der Waals surface area contributed by atoms with Crippen molar-refractivity contribution in [2.24, 2.45) is 0 Å². The number of imidazole rings is 1. The molecule has 0 saturated carbocycles. The minimum Gasteiger partial charge on any atom is -0.456 e. The molecule has 0 saturated heterocycles. The summed E-state index contributed by atoms with van der Waals surface area (Å²) in [7, 11) is 0. The van der Waals surface area contributed by atoms with Gasteiger partial charge in [-0.25, -0.2) is 4.98 Å². The number of furan rings is 1. The fourth-order valence-corrected chi connectivity index (χ4v) is 8.37. The third-order valence-electron chi connectivity index (χ3n) is 9.45. The molecular formula is C40H23N9OS. The molecule has 10 nitrogen and oxygen atoms in total. The molecule has 0 fully saturated rings. The minimum absolute atomic E-state index is 0.543. The van der Waals surface area contributed by atoms with E-state index in [2.05, 4.69) is 96.4 Å². The summed E-state index contributed by atoms with van der Waals surface area (Å²) in [5.41, 5.74) is 9.92. The first kappa shape index (κ1) is 27.9. The number of H-pyrrole nitrogens is 3. The molecule has 0 bridgehead atoms. The first-order chi connectivity index (χ1) is 25.3. The fraction of sp³-hybridized carbons (Fsp3) is 0. The van der Waals surface area contributed by atoms with Crippen LogP contribution in [0.5, 0.6) is 0 Å². The van der Waals surface area contributed by atoms with E-state index in [1.54, 1.807) is 17.5 Å². The maximum Gasteiger partial charge on any atom is 0.159 e. The summed E-state index contributed by atoms with van der Waals surface area (Å²) >= 11 is 1.73. The quantitative estimate of drug-likeness (QED) is 0.165. The first-order valence-corrected chi connectivity index (χ1v) is 17.2. The summed E-state index contributed by atoms with van der Waals surface area (Å²) in [5, 5.41) is 29.0. The second-order valence-corrected chi connectivity index (χ2v) is 13.5. The van der Waals surface area contributed by atoms with Gasteiger partial charge in [0.05, 0.1) is 22.7 Å². The summed E-state index contributed by atoms with van der Waals surface area (Å²) in [6.45, 7) is 0. The highest BCUT2D eigenvalue weighted by molar-refractivity contribution is 7.22. The number of benzene rings is 5. The van der Waals surface area contributed by atoms with Crippen molar-refractivity contribution in [1.29, 1.82) is 0 Å². The summed E-state index contributed by atoms with van der Waals surface area (Å²) < 4.78 is 7.95. The lowest BCUT2D eigenvalue weighted by Crippen LogP contribution is -2.00. The highest BCUT2D eigenvalue weighted by Crippen LogP contribution is 2.54. The number of hydrogen-bond acceptors (Lipinski definition) is 8. The van der Waals surface area contributed by atoms with Gasteiger partial charge in [-0.2, -0.15) is 5.10 Å². The van der Waals surface area contributed by atoms with E-state index in [9.17, 15) is 0 Å². The highest BCUT2D eigenvalue weighted by Gasteiger charge is 2.32. The molecule has 0 aliphatic carbocycles. The van der Waals surface area contributed by atoms with Crippen molar-refractivity contribution in [2.75, 3.05) is 0 Å². The third-order valence-corrected chi connectivity index (χ3v) is 10.6. The molecule has 0 amide bonds. The van der Waals surface area contributed by atoms with E-state index in [0.717, 1.165) is 82.0 Å². The van der Waals surface area contributed by atoms with E-state index in [0.29, 0.717) is 23.0 Å². The number of rotatable bonds is 5. The maximum atomic E-state index is 6.78. The van der Waals surface area contributed by atoms with Crippen LogP contribution in [0, 0.1) is 0 Å². The third kappa shape index (κ3) is 4.28. The topological polar surface area (TPSA) is 138 Å². The van der Waals surface area contributed by atoms with E-state index in [4.69, 9.17) is 14.5 Å². The highest BCUT2D eigenvalue weighted by atomic mass is 32.1. The van der Waals surface area contributed by atoms with Gasteiger partial charge in [0.25, 0.3) is 0 Å². The van der Waals surface area contributed by atoms with Gasteiger partial charge in [-0.1, -0.05) is 66.7 Å². The molecule has 51 heavy (non-hydrogen) atoms. The predicted molar refractivity (Wildman–Crippen MR) is 201 cm³/mol. The molecule has 0 atom stereocenters. The number of thiophene rings is 1. The molecule has 240 valence electrons. The van der Waals surface area contributed by atoms with Gasteiger partial charge >= 0.3 is 0 Å². The maximum absolute atomic E-state index is 6.78. The summed E-state index contributed by atoms with van der Waals surface area (Å²) in [6, 6.07) is 39.3. The number of nitrogens with one attached hydrogen (secondary N) is 3. The zero-order valence-electron chi connectivity index (χ0n) is 26.5. The predicted octanol–water partition coefficient (Wildman–Crippen LogP) is 9.80. The van der Waals surface area contributed by atoms with Gasteiger partial charge in [0, 0.05) is 59.2 Å². The molecule has 0 unspecified atom stereocenters. The Morgan fingerprint density at radius 3 is 2.27 bits per heavy atom. The van der Waals surface area contributed by atoms with Crippen LogP contribution in [0.3, 0.4) is 0 Å². The average Bonchev–Trinajstić information content (AvgIpc) is 4.01. The number of para-hydroxylation sites is 4. The summed E-state index contributed by atoms with van der Waals surface area (Å²) in [6.07, 6.45) is 1.64. The van der Waals surface area contributed by atoms with Crippen LogP contribution in [-0.4, -0.2) is 45.8 Å². The number of hydrogen-bond donors (Lipinski definition) is 3. The zero-order chi connectivity index (χ0) is 33.5. The molecule has 6 aromatic heterocycles. The van der Waals surface area contributed by atoms with Crippen molar-refractivity contribution in [3.63, 3.8) is 0 Å². The van der Waals surface area contributed by atoms with Gasteiger partial charge in [-0.05, 0) is 64.3 Å². The van der Waals surface area contributed by atoms with Gasteiger partial charge in [0.1, 0.15) is 22.7 Å². The molecule has 0 aliphatic heterocycles. The Morgan fingerprint density at radius 2 is 1.45 bits per heavy atom. The van der Waals surface area contributed by atoms with Crippen LogP contribution in [0.15, 0.2) is 126 Å². The van der Waals surface area contributed by atoms with Crippen LogP contribution in [0.4, 0.5) is 0 Å². The fourth-order valence-electron chi connectivity index (χ4n) is 7.25. The summed E-state index contributed by atoms with van der Waals surface area (Å²) in [5.74, 6) is 1.33. The van der Waals surface area contributed by atoms with Crippen LogP contribution >= 0.6 is 11.3 Å². The second kappa shape index (κ2) is 10.8. The lowest BCUT2D eigenvalue weighted by molar-refractivity contribution is 0.632. The SMILES string of the molecule is c1ccc2[nH]c(-c3c(-c4cc5ccccc5s4)c(-c4cc5ccccc5o4)c4c(-c5nc6ccccc6[nH]5)n[nH]c4c3-c3cnnnn3)cc2c1. The molecule has 11 heteroatoms. The van der Waals surface area contributed by atoms with E-state index in [1.807, 2.05) is 54.6 Å². The zero-order valence-corrected chi connectivity index (χ0v) is 27.4. The van der Waals surface area contributed by atoms with Crippen LogP contribution < -0.4 is 0 Å². The molecule has 0 radical (unpaired) electrons. The van der Waals surface area contributed by atoms with E-state index >= 15 is 0 Å². The van der Waals surface area contributed by atoms with Crippen molar-refractivity contribution < 1.29 is 4.42 Å². The normalized spacial score (nSPS) is 11.9. The first-order valence-electron chi connectivity index (χ1n) is 16.4. The largest absolute Gasteiger partial charge is 0.456 e. The molecule has 6 heterocycles. The van der Waals surface area contributed by atoms with E-state index < -0.39 is 0 Å². The number of fused-ring (bicyclic) bond motifs is 5. The van der Waals surface area contributed by atoms with Crippen molar-refractivity contribution >= 4 is 65.2 Å². The van der Waals surface area contributed by atoms with Gasteiger partial charge in [-0.15, -0.1) is 21.5 Å². The van der Waals surface area contributed by atoms with Crippen LogP contribution in [0.1, 0.15) is 0 Å². The van der Waals surface area contributed by atoms with Crippen LogP contribution in [0.2, 0.25) is 0 Å². The monoisotopic (exact) mass is 677 g/mol. The molecule has 0 aliphatic rings. The smallest absolute Gasteiger partial charge is 0.159 e. The standard InChI is InChI=1S/C40H23N9OS/c1-4-12-24-21(9-1)17-27(42-24)33-34(28-20-41-48-49-45-28)38-37(39(47-46-38)40-43-25-13-5-6-14-26(25)44-40)35(30-18-22-10-2-7-15-29(22)50-30)36(33)32-19-23-11-3-8-16-31(23)51-32/h1-20,42H,(H,43,44)(H,46,47). The second-order valence-electron chi connectivity index (χ2n) is 12.4. The molecule has 11 aromatic rings. The number of aromatic amines is 3. The molecule has 3 N–H and O–H groups in total. The van der Waals surface area contributed by atoms with Crippen LogP contribution in [-0.2, 0) is 0 Å². The Bertz CT molecular complexity index is 2980. The molecule has 11 rings (SSSR count). The lowest BCUT2D eigenvalue weighted by Gasteiger charge is -2.18. The molecule has 0 spiro atoms. The average molecular weight is 678 g/mol. The van der Waals surface area contributed by atoms with Gasteiger partial charge in [-0.3, -0.25) is 5.10 Å². The Labute approximate surface area is 291 Å². The van der Waals surface area contributed by atoms with E-state index in [-0.39, 0.29) is 0 Å². The Kier molecular flexibility index (Phi) is 5.89. The van der Waals surface area contributed by atoms with Crippen LogP contribution in [0.25, 0.3) is 110 Å². The van der Waals surface area contributed by atoms with Crippen molar-refractivity contribution in [2.45, 2.75) is 0 Å². The van der Waals surface area contributed by atoms with Gasteiger partial charge in [0.2, 0.25) is 0 Å². The molecule has 5 aromatic carbocycles. The molecular weight excluding hydrogens is 655 g/mol. The van der Waals surface area contributed by atoms with E-state index in [1.165, 1.54) is 4.70 Å². The lowest BCUT2D eigenvalue weighted by atomic mass is 9.86. The van der Waals surface area contributed by atoms with Crippen molar-refractivity contribution in [1.82, 2.24) is 45.8 Å². The Morgan fingerprint density at radius 1 is 0.647 bits per heavy atom. The summed E-state index contributed by atoms with van der Waals surface area (Å²) in [4.78, 5) is 13.3. The number of nitrogens with zero attached hydrogens (tertiary/aromatic N) is 6.